The number of benzene rings is 1. The lowest BCUT2D eigenvalue weighted by Crippen LogP contribution is -2.19. The van der Waals surface area contributed by atoms with Crippen LogP contribution in [0.4, 0.5) is 4.39 Å². The quantitative estimate of drug-likeness (QED) is 0.840. The summed E-state index contributed by atoms with van der Waals surface area (Å²) in [5, 5.41) is 9.49. The lowest BCUT2D eigenvalue weighted by Gasteiger charge is -2.18. The molecule has 0 heterocycles. The fourth-order valence-corrected chi connectivity index (χ4v) is 1.44. The van der Waals surface area contributed by atoms with Crippen molar-refractivity contribution in [3.63, 3.8) is 0 Å². The fraction of sp³-hybridized carbons (Fsp3) is 0.500. The van der Waals surface area contributed by atoms with Crippen LogP contribution in [0.1, 0.15) is 25.5 Å². The van der Waals surface area contributed by atoms with E-state index in [0.29, 0.717) is 17.9 Å². The third-order valence-corrected chi connectivity index (χ3v) is 2.15. The number of halogens is 1. The summed E-state index contributed by atoms with van der Waals surface area (Å²) in [6.07, 6.45) is -0.909. The molecule has 1 N–H and O–H groups in total. The number of aliphatic hydroxyl groups excluding tert-OH is 1. The monoisotopic (exact) mass is 228 g/mol. The van der Waals surface area contributed by atoms with Gasteiger partial charge in [0, 0.05) is 12.7 Å². The maximum absolute atomic E-state index is 13.0. The van der Waals surface area contributed by atoms with Crippen LogP contribution in [-0.2, 0) is 4.74 Å². The Labute approximate surface area is 94.8 Å². The Morgan fingerprint density at radius 2 is 2.06 bits per heavy atom. The predicted octanol–water partition coefficient (Wildman–Crippen LogP) is 2.29. The Bertz CT molecular complexity index is 339. The van der Waals surface area contributed by atoms with E-state index in [1.165, 1.54) is 18.2 Å². The molecule has 1 rings (SSSR count). The molecule has 1 unspecified atom stereocenters. The lowest BCUT2D eigenvalue weighted by molar-refractivity contribution is 0.0885. The van der Waals surface area contributed by atoms with E-state index in [9.17, 15) is 9.50 Å². The van der Waals surface area contributed by atoms with E-state index in [4.69, 9.17) is 9.47 Å². The van der Waals surface area contributed by atoms with Gasteiger partial charge in [-0.1, -0.05) is 0 Å². The van der Waals surface area contributed by atoms with Gasteiger partial charge in [0.05, 0.1) is 12.7 Å². The van der Waals surface area contributed by atoms with E-state index in [2.05, 4.69) is 0 Å². The second kappa shape index (κ2) is 5.82. The number of ether oxygens (including phenoxy) is 2. The van der Waals surface area contributed by atoms with E-state index in [1.807, 2.05) is 6.92 Å². The van der Waals surface area contributed by atoms with Crippen LogP contribution >= 0.6 is 0 Å². The minimum absolute atomic E-state index is 0.145. The number of methoxy groups -OCH3 is 1. The minimum atomic E-state index is -0.763. The first-order chi connectivity index (χ1) is 7.54. The highest BCUT2D eigenvalue weighted by atomic mass is 19.1. The van der Waals surface area contributed by atoms with Crippen LogP contribution in [-0.4, -0.2) is 24.9 Å². The number of hydrogen-bond donors (Lipinski definition) is 1. The van der Waals surface area contributed by atoms with Crippen molar-refractivity contribution in [2.75, 3.05) is 13.7 Å². The van der Waals surface area contributed by atoms with Crippen molar-refractivity contribution in [2.24, 2.45) is 0 Å². The molecule has 4 heteroatoms. The van der Waals surface area contributed by atoms with Gasteiger partial charge in [0.25, 0.3) is 0 Å². The van der Waals surface area contributed by atoms with Crippen LogP contribution in [0.25, 0.3) is 0 Å². The molecule has 1 aromatic carbocycles. The van der Waals surface area contributed by atoms with Crippen molar-refractivity contribution in [3.05, 3.63) is 29.6 Å². The normalized spacial score (nSPS) is 14.6. The molecule has 1 aromatic rings. The van der Waals surface area contributed by atoms with Crippen molar-refractivity contribution in [3.8, 4) is 5.75 Å². The summed E-state index contributed by atoms with van der Waals surface area (Å²) in [5.74, 6) is 0.101. The molecule has 16 heavy (non-hydrogen) atoms. The van der Waals surface area contributed by atoms with Gasteiger partial charge in [-0.2, -0.15) is 0 Å². The fourth-order valence-electron chi connectivity index (χ4n) is 1.44. The first-order valence-electron chi connectivity index (χ1n) is 5.17. The average Bonchev–Trinajstić information content (AvgIpc) is 2.20. The summed E-state index contributed by atoms with van der Waals surface area (Å²) in [7, 11) is 1.58. The van der Waals surface area contributed by atoms with Crippen LogP contribution in [0.2, 0.25) is 0 Å². The Hall–Kier alpha value is -1.13. The minimum Gasteiger partial charge on any atom is -0.488 e. The standard InChI is InChI=1S/C12H17FO3/c1-8(7-15-3)16-12-5-4-10(13)6-11(12)9(2)14/h4-6,8-9,14H,7H2,1-3H3/t8?,9-/m0/s1. The SMILES string of the molecule is COCC(C)Oc1ccc(F)cc1[C@H](C)O. The second-order valence-corrected chi connectivity index (χ2v) is 3.74. The summed E-state index contributed by atoms with van der Waals surface area (Å²) in [6, 6.07) is 4.10. The third kappa shape index (κ3) is 3.47. The van der Waals surface area contributed by atoms with Crippen molar-refractivity contribution < 1.29 is 19.0 Å². The molecule has 3 nitrogen and oxygen atoms in total. The van der Waals surface area contributed by atoms with Crippen LogP contribution in [0.15, 0.2) is 18.2 Å². The Morgan fingerprint density at radius 3 is 2.62 bits per heavy atom. The number of rotatable bonds is 5. The first-order valence-corrected chi connectivity index (χ1v) is 5.17. The zero-order valence-corrected chi connectivity index (χ0v) is 9.74. The van der Waals surface area contributed by atoms with Gasteiger partial charge in [-0.05, 0) is 32.0 Å². The van der Waals surface area contributed by atoms with E-state index in [1.54, 1.807) is 14.0 Å². The van der Waals surface area contributed by atoms with Crippen molar-refractivity contribution >= 4 is 0 Å². The third-order valence-electron chi connectivity index (χ3n) is 2.15. The zero-order chi connectivity index (χ0) is 12.1. The van der Waals surface area contributed by atoms with E-state index >= 15 is 0 Å². The summed E-state index contributed by atoms with van der Waals surface area (Å²) in [6.45, 7) is 3.86. The molecule has 0 saturated carbocycles. The van der Waals surface area contributed by atoms with Crippen LogP contribution in [0.5, 0.6) is 5.75 Å². The number of hydrogen-bond acceptors (Lipinski definition) is 3. The smallest absolute Gasteiger partial charge is 0.125 e. The molecule has 0 aliphatic rings. The largest absolute Gasteiger partial charge is 0.488 e. The van der Waals surface area contributed by atoms with Crippen LogP contribution < -0.4 is 4.74 Å². The first kappa shape index (κ1) is 12.9. The zero-order valence-electron chi connectivity index (χ0n) is 9.74. The molecule has 0 aromatic heterocycles. The molecule has 0 spiro atoms. The maximum Gasteiger partial charge on any atom is 0.125 e. The van der Waals surface area contributed by atoms with Crippen molar-refractivity contribution in [2.45, 2.75) is 26.1 Å². The second-order valence-electron chi connectivity index (χ2n) is 3.74. The van der Waals surface area contributed by atoms with E-state index in [0.717, 1.165) is 0 Å². The van der Waals surface area contributed by atoms with Gasteiger partial charge in [0.15, 0.2) is 0 Å². The molecule has 0 bridgehead atoms. The highest BCUT2D eigenvalue weighted by Gasteiger charge is 2.13. The summed E-state index contributed by atoms with van der Waals surface area (Å²) < 4.78 is 23.5. The van der Waals surface area contributed by atoms with Gasteiger partial charge >= 0.3 is 0 Å². The molecule has 0 aliphatic heterocycles. The van der Waals surface area contributed by atoms with Crippen LogP contribution in [0.3, 0.4) is 0 Å². The molecule has 2 atom stereocenters. The highest BCUT2D eigenvalue weighted by Crippen LogP contribution is 2.26. The molecule has 0 fully saturated rings. The molecular weight excluding hydrogens is 211 g/mol. The number of aliphatic hydroxyl groups is 1. The van der Waals surface area contributed by atoms with Gasteiger partial charge in [-0.25, -0.2) is 4.39 Å². The molecular formula is C12H17FO3. The molecule has 0 saturated heterocycles. The Balaban J connectivity index is 2.86. The highest BCUT2D eigenvalue weighted by molar-refractivity contribution is 5.35. The Kier molecular flexibility index (Phi) is 4.71. The van der Waals surface area contributed by atoms with Crippen molar-refractivity contribution in [1.82, 2.24) is 0 Å². The summed E-state index contributed by atoms with van der Waals surface area (Å²) in [4.78, 5) is 0. The van der Waals surface area contributed by atoms with Gasteiger partial charge in [-0.3, -0.25) is 0 Å². The van der Waals surface area contributed by atoms with Gasteiger partial charge < -0.3 is 14.6 Å². The lowest BCUT2D eigenvalue weighted by atomic mass is 10.1. The van der Waals surface area contributed by atoms with E-state index in [-0.39, 0.29) is 11.9 Å². The van der Waals surface area contributed by atoms with Crippen LogP contribution in [0, 0.1) is 5.82 Å². The predicted molar refractivity (Wildman–Crippen MR) is 59.0 cm³/mol. The average molecular weight is 228 g/mol. The molecule has 0 aliphatic carbocycles. The Morgan fingerprint density at radius 1 is 1.38 bits per heavy atom. The maximum atomic E-state index is 13.0. The van der Waals surface area contributed by atoms with Gasteiger partial charge in [-0.15, -0.1) is 0 Å². The van der Waals surface area contributed by atoms with Gasteiger partial charge in [0.2, 0.25) is 0 Å². The molecule has 0 amide bonds. The van der Waals surface area contributed by atoms with Gasteiger partial charge in [0.1, 0.15) is 17.7 Å². The summed E-state index contributed by atoms with van der Waals surface area (Å²) in [5.41, 5.74) is 0.447. The molecule has 90 valence electrons. The summed E-state index contributed by atoms with van der Waals surface area (Å²) >= 11 is 0. The molecule has 0 radical (unpaired) electrons. The topological polar surface area (TPSA) is 38.7 Å². The van der Waals surface area contributed by atoms with Crippen molar-refractivity contribution in [1.29, 1.82) is 0 Å². The van der Waals surface area contributed by atoms with E-state index < -0.39 is 6.10 Å².